The van der Waals surface area contributed by atoms with Crippen LogP contribution in [-0.4, -0.2) is 24.9 Å². The fourth-order valence-corrected chi connectivity index (χ4v) is 2.59. The van der Waals surface area contributed by atoms with Crippen molar-refractivity contribution in [3.63, 3.8) is 0 Å². The number of rotatable bonds is 4. The van der Waals surface area contributed by atoms with Crippen molar-refractivity contribution in [2.45, 2.75) is 40.5 Å². The van der Waals surface area contributed by atoms with Crippen LogP contribution in [0.15, 0.2) is 31.0 Å². The van der Waals surface area contributed by atoms with Gasteiger partial charge in [-0.15, -0.1) is 0 Å². The summed E-state index contributed by atoms with van der Waals surface area (Å²) in [6.07, 6.45) is 8.58. The van der Waals surface area contributed by atoms with Crippen molar-refractivity contribution in [1.82, 2.24) is 24.9 Å². The van der Waals surface area contributed by atoms with Crippen LogP contribution < -0.4 is 0 Å². The molecule has 3 heterocycles. The predicted molar refractivity (Wildman–Crippen MR) is 92.9 cm³/mol. The van der Waals surface area contributed by atoms with E-state index in [2.05, 4.69) is 32.9 Å². The van der Waals surface area contributed by atoms with Crippen LogP contribution in [0.1, 0.15) is 45.2 Å². The number of hydrogen-bond acceptors (Lipinski definition) is 5. The highest BCUT2D eigenvalue weighted by Crippen LogP contribution is 2.14. The van der Waals surface area contributed by atoms with Gasteiger partial charge in [0.25, 0.3) is 0 Å². The first kappa shape index (κ1) is 16.2. The van der Waals surface area contributed by atoms with Gasteiger partial charge in [-0.2, -0.15) is 0 Å². The van der Waals surface area contributed by atoms with Crippen LogP contribution in [-0.2, 0) is 12.8 Å². The summed E-state index contributed by atoms with van der Waals surface area (Å²) < 4.78 is 0. The molecule has 0 saturated carbocycles. The molecule has 122 valence electrons. The fourth-order valence-electron chi connectivity index (χ4n) is 2.59. The highest BCUT2D eigenvalue weighted by atomic mass is 14.8. The molecule has 3 aromatic rings. The van der Waals surface area contributed by atoms with Crippen molar-refractivity contribution < 1.29 is 0 Å². The lowest BCUT2D eigenvalue weighted by atomic mass is 10.1. The van der Waals surface area contributed by atoms with E-state index in [1.807, 2.05) is 39.4 Å². The second-order valence-corrected chi connectivity index (χ2v) is 6.15. The topological polar surface area (TPSA) is 64.5 Å². The van der Waals surface area contributed by atoms with E-state index in [0.717, 1.165) is 46.0 Å². The SMILES string of the molecule is Cc1cc(Cc2ncc(Cc3ncncc3C)nc2C)cnc1C. The van der Waals surface area contributed by atoms with Crippen LogP contribution in [0.5, 0.6) is 0 Å². The third kappa shape index (κ3) is 3.62. The van der Waals surface area contributed by atoms with Crippen LogP contribution >= 0.6 is 0 Å². The van der Waals surface area contributed by atoms with Crippen LogP contribution in [0.4, 0.5) is 0 Å². The number of hydrogen-bond donors (Lipinski definition) is 0. The number of pyridine rings is 1. The van der Waals surface area contributed by atoms with Crippen LogP contribution in [0, 0.1) is 27.7 Å². The monoisotopic (exact) mass is 319 g/mol. The molecule has 0 aromatic carbocycles. The van der Waals surface area contributed by atoms with Crippen molar-refractivity contribution in [1.29, 1.82) is 0 Å². The minimum absolute atomic E-state index is 0.674. The highest BCUT2D eigenvalue weighted by Gasteiger charge is 2.08. The molecule has 0 radical (unpaired) electrons. The molecule has 24 heavy (non-hydrogen) atoms. The zero-order chi connectivity index (χ0) is 17.1. The first-order chi connectivity index (χ1) is 11.5. The molecule has 0 amide bonds. The van der Waals surface area contributed by atoms with E-state index < -0.39 is 0 Å². The molecule has 0 aliphatic rings. The summed E-state index contributed by atoms with van der Waals surface area (Å²) in [6.45, 7) is 8.12. The Labute approximate surface area is 142 Å². The average molecular weight is 319 g/mol. The van der Waals surface area contributed by atoms with Gasteiger partial charge in [-0.05, 0) is 44.4 Å². The summed E-state index contributed by atoms with van der Waals surface area (Å²) in [4.78, 5) is 22.1. The Hall–Kier alpha value is -2.69. The molecule has 0 N–H and O–H groups in total. The van der Waals surface area contributed by atoms with E-state index in [1.165, 1.54) is 5.56 Å². The molecule has 5 heteroatoms. The Bertz CT molecular complexity index is 873. The largest absolute Gasteiger partial charge is 0.261 e. The Morgan fingerprint density at radius 1 is 0.750 bits per heavy atom. The molecule has 3 rings (SSSR count). The third-order valence-electron chi connectivity index (χ3n) is 4.22. The van der Waals surface area contributed by atoms with Crippen molar-refractivity contribution in [3.8, 4) is 0 Å². The average Bonchev–Trinajstić information content (AvgIpc) is 2.56. The zero-order valence-corrected chi connectivity index (χ0v) is 14.5. The third-order valence-corrected chi connectivity index (χ3v) is 4.22. The van der Waals surface area contributed by atoms with Gasteiger partial charge in [0.05, 0.1) is 22.8 Å². The molecule has 0 aliphatic carbocycles. The smallest absolute Gasteiger partial charge is 0.115 e. The highest BCUT2D eigenvalue weighted by molar-refractivity contribution is 5.28. The summed E-state index contributed by atoms with van der Waals surface area (Å²) in [5, 5.41) is 0. The van der Waals surface area contributed by atoms with Crippen molar-refractivity contribution in [2.75, 3.05) is 0 Å². The maximum Gasteiger partial charge on any atom is 0.115 e. The number of aryl methyl sites for hydroxylation is 4. The van der Waals surface area contributed by atoms with E-state index in [1.54, 1.807) is 6.33 Å². The maximum absolute atomic E-state index is 4.70. The van der Waals surface area contributed by atoms with Gasteiger partial charge in [0, 0.05) is 37.1 Å². The first-order valence-electron chi connectivity index (χ1n) is 8.02. The molecule has 0 bridgehead atoms. The van der Waals surface area contributed by atoms with Crippen molar-refractivity contribution in [3.05, 3.63) is 76.1 Å². The molecule has 0 aliphatic heterocycles. The van der Waals surface area contributed by atoms with E-state index in [9.17, 15) is 0 Å². The van der Waals surface area contributed by atoms with Gasteiger partial charge in [-0.25, -0.2) is 9.97 Å². The van der Waals surface area contributed by atoms with E-state index in [0.29, 0.717) is 6.42 Å². The van der Waals surface area contributed by atoms with Gasteiger partial charge in [0.2, 0.25) is 0 Å². The quantitative estimate of drug-likeness (QED) is 0.739. The Balaban J connectivity index is 1.79. The first-order valence-corrected chi connectivity index (χ1v) is 8.02. The van der Waals surface area contributed by atoms with Gasteiger partial charge >= 0.3 is 0 Å². The van der Waals surface area contributed by atoms with Gasteiger partial charge in [-0.3, -0.25) is 15.0 Å². The second kappa shape index (κ2) is 6.83. The minimum atomic E-state index is 0.674. The van der Waals surface area contributed by atoms with E-state index >= 15 is 0 Å². The summed E-state index contributed by atoms with van der Waals surface area (Å²) in [5.41, 5.74) is 8.37. The van der Waals surface area contributed by atoms with Gasteiger partial charge < -0.3 is 0 Å². The molecule has 5 nitrogen and oxygen atoms in total. The summed E-state index contributed by atoms with van der Waals surface area (Å²) in [6, 6.07) is 2.17. The maximum atomic E-state index is 4.70. The van der Waals surface area contributed by atoms with Crippen LogP contribution in [0.2, 0.25) is 0 Å². The van der Waals surface area contributed by atoms with E-state index in [-0.39, 0.29) is 0 Å². The Morgan fingerprint density at radius 3 is 2.29 bits per heavy atom. The number of aromatic nitrogens is 5. The minimum Gasteiger partial charge on any atom is -0.261 e. The molecule has 0 unspecified atom stereocenters. The van der Waals surface area contributed by atoms with E-state index in [4.69, 9.17) is 4.98 Å². The van der Waals surface area contributed by atoms with Crippen LogP contribution in [0.3, 0.4) is 0 Å². The van der Waals surface area contributed by atoms with Gasteiger partial charge in [-0.1, -0.05) is 6.07 Å². The zero-order valence-electron chi connectivity index (χ0n) is 14.5. The lowest BCUT2D eigenvalue weighted by Crippen LogP contribution is -2.05. The second-order valence-electron chi connectivity index (χ2n) is 6.15. The van der Waals surface area contributed by atoms with Crippen LogP contribution in [0.25, 0.3) is 0 Å². The van der Waals surface area contributed by atoms with Crippen molar-refractivity contribution >= 4 is 0 Å². The van der Waals surface area contributed by atoms with Gasteiger partial charge in [0.1, 0.15) is 6.33 Å². The molecule has 0 atom stereocenters. The lowest BCUT2D eigenvalue weighted by molar-refractivity contribution is 0.896. The Kier molecular flexibility index (Phi) is 4.60. The predicted octanol–water partition coefficient (Wildman–Crippen LogP) is 3.08. The molecule has 0 spiro atoms. The fraction of sp³-hybridized carbons (Fsp3) is 0.316. The lowest BCUT2D eigenvalue weighted by Gasteiger charge is -2.09. The van der Waals surface area contributed by atoms with Gasteiger partial charge in [0.15, 0.2) is 0 Å². The molecule has 3 aromatic heterocycles. The number of nitrogens with zero attached hydrogens (tertiary/aromatic N) is 5. The normalized spacial score (nSPS) is 10.8. The standard InChI is InChI=1S/C19H21N5/c1-12-5-16(9-21-14(12)3)6-19-15(4)24-17(10-22-19)7-18-13(2)8-20-11-23-18/h5,8-11H,6-7H2,1-4H3. The molecule has 0 saturated heterocycles. The summed E-state index contributed by atoms with van der Waals surface area (Å²) >= 11 is 0. The Morgan fingerprint density at radius 2 is 1.58 bits per heavy atom. The summed E-state index contributed by atoms with van der Waals surface area (Å²) in [5.74, 6) is 0. The molecular formula is C19H21N5. The molecule has 0 fully saturated rings. The van der Waals surface area contributed by atoms with Crippen molar-refractivity contribution in [2.24, 2.45) is 0 Å². The molecular weight excluding hydrogens is 298 g/mol. The summed E-state index contributed by atoms with van der Waals surface area (Å²) in [7, 11) is 0.